The van der Waals surface area contributed by atoms with Crippen molar-refractivity contribution in [2.45, 2.75) is 26.8 Å². The van der Waals surface area contributed by atoms with Crippen LogP contribution in [-0.4, -0.2) is 31.4 Å². The maximum absolute atomic E-state index is 5.33. The van der Waals surface area contributed by atoms with Crippen molar-refractivity contribution in [1.82, 2.24) is 4.90 Å². The fourth-order valence-corrected chi connectivity index (χ4v) is 2.09. The molecule has 3 heteroatoms. The average Bonchev–Trinajstić information content (AvgIpc) is 2.30. The van der Waals surface area contributed by atoms with E-state index < -0.39 is 0 Å². The quantitative estimate of drug-likeness (QED) is 0.782. The van der Waals surface area contributed by atoms with Crippen LogP contribution in [0.15, 0.2) is 12.1 Å². The highest BCUT2D eigenvalue weighted by Crippen LogP contribution is 2.23. The van der Waals surface area contributed by atoms with Crippen molar-refractivity contribution in [2.75, 3.05) is 26.5 Å². The standard InChI is InChI=1S/C14H23NOS/c1-11-9-14(16-4)12(2)8-13(11)10-15(3)6-5-7-17/h8-9,17H,5-7,10H2,1-4H3. The van der Waals surface area contributed by atoms with Gasteiger partial charge in [-0.05, 0) is 62.4 Å². The Labute approximate surface area is 110 Å². The van der Waals surface area contributed by atoms with Crippen molar-refractivity contribution in [3.8, 4) is 5.75 Å². The Kier molecular flexibility index (Phi) is 5.86. The van der Waals surface area contributed by atoms with Crippen LogP contribution in [0.2, 0.25) is 0 Å². The van der Waals surface area contributed by atoms with Gasteiger partial charge >= 0.3 is 0 Å². The van der Waals surface area contributed by atoms with Gasteiger partial charge in [0.1, 0.15) is 5.75 Å². The summed E-state index contributed by atoms with van der Waals surface area (Å²) in [6.45, 7) is 6.32. The number of nitrogens with zero attached hydrogens (tertiary/aromatic N) is 1. The predicted octanol–water partition coefficient (Wildman–Crippen LogP) is 3.06. The van der Waals surface area contributed by atoms with E-state index in [1.807, 2.05) is 0 Å². The average molecular weight is 253 g/mol. The minimum atomic E-state index is 0.949. The summed E-state index contributed by atoms with van der Waals surface area (Å²) in [6, 6.07) is 4.35. The van der Waals surface area contributed by atoms with Crippen molar-refractivity contribution in [1.29, 1.82) is 0 Å². The van der Waals surface area contributed by atoms with Crippen molar-refractivity contribution in [3.63, 3.8) is 0 Å². The van der Waals surface area contributed by atoms with Gasteiger partial charge in [0.25, 0.3) is 0 Å². The van der Waals surface area contributed by atoms with Crippen LogP contribution in [0.3, 0.4) is 0 Å². The number of hydrogen-bond acceptors (Lipinski definition) is 3. The summed E-state index contributed by atoms with van der Waals surface area (Å²) in [5, 5.41) is 0. The van der Waals surface area contributed by atoms with Gasteiger partial charge in [-0.15, -0.1) is 0 Å². The second kappa shape index (κ2) is 6.92. The zero-order valence-corrected chi connectivity index (χ0v) is 12.2. The van der Waals surface area contributed by atoms with Gasteiger partial charge in [-0.2, -0.15) is 12.6 Å². The summed E-state index contributed by atoms with van der Waals surface area (Å²) in [4.78, 5) is 2.34. The van der Waals surface area contributed by atoms with Gasteiger partial charge in [0, 0.05) is 6.54 Å². The van der Waals surface area contributed by atoms with E-state index in [1.165, 1.54) is 16.7 Å². The molecule has 1 aromatic carbocycles. The van der Waals surface area contributed by atoms with Gasteiger partial charge in [-0.1, -0.05) is 6.07 Å². The minimum Gasteiger partial charge on any atom is -0.496 e. The molecule has 2 nitrogen and oxygen atoms in total. The van der Waals surface area contributed by atoms with Crippen molar-refractivity contribution < 1.29 is 4.74 Å². The Morgan fingerprint density at radius 2 is 1.94 bits per heavy atom. The molecule has 0 radical (unpaired) electrons. The van der Waals surface area contributed by atoms with Crippen molar-refractivity contribution in [2.24, 2.45) is 0 Å². The lowest BCUT2D eigenvalue weighted by molar-refractivity contribution is 0.327. The molecule has 17 heavy (non-hydrogen) atoms. The Morgan fingerprint density at radius 1 is 1.24 bits per heavy atom. The summed E-state index contributed by atoms with van der Waals surface area (Å²) >= 11 is 4.24. The van der Waals surface area contributed by atoms with E-state index in [2.05, 4.69) is 50.6 Å². The highest BCUT2D eigenvalue weighted by Gasteiger charge is 2.07. The van der Waals surface area contributed by atoms with E-state index in [-0.39, 0.29) is 0 Å². The Morgan fingerprint density at radius 3 is 2.53 bits per heavy atom. The third-order valence-corrected chi connectivity index (χ3v) is 3.31. The Balaban J connectivity index is 2.74. The number of methoxy groups -OCH3 is 1. The van der Waals surface area contributed by atoms with Crippen LogP contribution in [0.4, 0.5) is 0 Å². The molecule has 0 aromatic heterocycles. The summed E-state index contributed by atoms with van der Waals surface area (Å²) in [5.74, 6) is 1.93. The minimum absolute atomic E-state index is 0.949. The van der Waals surface area contributed by atoms with Gasteiger partial charge < -0.3 is 9.64 Å². The lowest BCUT2D eigenvalue weighted by Crippen LogP contribution is -2.20. The van der Waals surface area contributed by atoms with E-state index in [1.54, 1.807) is 7.11 Å². The normalized spacial score (nSPS) is 10.9. The monoisotopic (exact) mass is 253 g/mol. The molecule has 0 bridgehead atoms. The Bertz CT molecular complexity index is 365. The molecule has 1 aromatic rings. The lowest BCUT2D eigenvalue weighted by atomic mass is 10.0. The van der Waals surface area contributed by atoms with Gasteiger partial charge in [-0.3, -0.25) is 0 Å². The predicted molar refractivity (Wildman–Crippen MR) is 77.3 cm³/mol. The first kappa shape index (κ1) is 14.4. The zero-order chi connectivity index (χ0) is 12.8. The van der Waals surface area contributed by atoms with Crippen LogP contribution in [0.1, 0.15) is 23.1 Å². The largest absolute Gasteiger partial charge is 0.496 e. The summed E-state index contributed by atoms with van der Waals surface area (Å²) in [5.41, 5.74) is 3.88. The van der Waals surface area contributed by atoms with Gasteiger partial charge in [-0.25, -0.2) is 0 Å². The molecule has 0 atom stereocenters. The highest BCUT2D eigenvalue weighted by molar-refractivity contribution is 7.80. The number of benzene rings is 1. The van der Waals surface area contributed by atoms with Crippen LogP contribution < -0.4 is 4.74 Å². The molecule has 0 amide bonds. The first-order valence-corrected chi connectivity index (χ1v) is 6.65. The molecular formula is C14H23NOS. The molecule has 0 fully saturated rings. The zero-order valence-electron chi connectivity index (χ0n) is 11.3. The number of thiol groups is 1. The summed E-state index contributed by atoms with van der Waals surface area (Å²) in [7, 11) is 3.88. The molecular weight excluding hydrogens is 230 g/mol. The van der Waals surface area contributed by atoms with Crippen LogP contribution >= 0.6 is 12.6 Å². The van der Waals surface area contributed by atoms with E-state index in [0.717, 1.165) is 31.0 Å². The Hall–Kier alpha value is -0.670. The molecule has 0 aliphatic carbocycles. The molecule has 0 heterocycles. The van der Waals surface area contributed by atoms with E-state index in [4.69, 9.17) is 4.74 Å². The molecule has 0 saturated carbocycles. The van der Waals surface area contributed by atoms with Crippen LogP contribution in [0.25, 0.3) is 0 Å². The van der Waals surface area contributed by atoms with E-state index in [9.17, 15) is 0 Å². The molecule has 0 spiro atoms. The second-order valence-electron chi connectivity index (χ2n) is 4.56. The topological polar surface area (TPSA) is 12.5 Å². The SMILES string of the molecule is COc1cc(C)c(CN(C)CCCS)cc1C. The molecule has 0 N–H and O–H groups in total. The third-order valence-electron chi connectivity index (χ3n) is 2.99. The first-order chi connectivity index (χ1) is 8.08. The van der Waals surface area contributed by atoms with Crippen LogP contribution in [-0.2, 0) is 6.54 Å². The summed E-state index contributed by atoms with van der Waals surface area (Å²) < 4.78 is 5.33. The van der Waals surface area contributed by atoms with Crippen molar-refractivity contribution >= 4 is 12.6 Å². The van der Waals surface area contributed by atoms with Gasteiger partial charge in [0.15, 0.2) is 0 Å². The molecule has 0 aliphatic heterocycles. The van der Waals surface area contributed by atoms with Crippen LogP contribution in [0.5, 0.6) is 5.75 Å². The maximum Gasteiger partial charge on any atom is 0.122 e. The number of hydrogen-bond donors (Lipinski definition) is 1. The lowest BCUT2D eigenvalue weighted by Gasteiger charge is -2.19. The van der Waals surface area contributed by atoms with E-state index >= 15 is 0 Å². The van der Waals surface area contributed by atoms with Gasteiger partial charge in [0.05, 0.1) is 7.11 Å². The first-order valence-electron chi connectivity index (χ1n) is 6.02. The van der Waals surface area contributed by atoms with Gasteiger partial charge in [0.2, 0.25) is 0 Å². The number of aryl methyl sites for hydroxylation is 2. The van der Waals surface area contributed by atoms with E-state index in [0.29, 0.717) is 0 Å². The van der Waals surface area contributed by atoms with Crippen LogP contribution in [0, 0.1) is 13.8 Å². The molecule has 96 valence electrons. The number of rotatable bonds is 6. The smallest absolute Gasteiger partial charge is 0.122 e. The summed E-state index contributed by atoms with van der Waals surface area (Å²) in [6.07, 6.45) is 1.13. The maximum atomic E-state index is 5.33. The second-order valence-corrected chi connectivity index (χ2v) is 5.01. The molecule has 0 aliphatic rings. The fraction of sp³-hybridized carbons (Fsp3) is 0.571. The third kappa shape index (κ3) is 4.25. The van der Waals surface area contributed by atoms with Crippen molar-refractivity contribution in [3.05, 3.63) is 28.8 Å². The highest BCUT2D eigenvalue weighted by atomic mass is 32.1. The molecule has 0 unspecified atom stereocenters. The molecule has 1 rings (SSSR count). The number of ether oxygens (including phenoxy) is 1. The molecule has 0 saturated heterocycles. The fourth-order valence-electron chi connectivity index (χ4n) is 1.95.